The van der Waals surface area contributed by atoms with Crippen LogP contribution in [0.4, 0.5) is 0 Å². The predicted molar refractivity (Wildman–Crippen MR) is 152 cm³/mol. The van der Waals surface area contributed by atoms with Crippen molar-refractivity contribution in [1.82, 2.24) is 0 Å². The third-order valence-corrected chi connectivity index (χ3v) is 11.2. The maximum Gasteiger partial charge on any atom is 0.338 e. The normalized spacial score (nSPS) is 14.9. The maximum atomic E-state index is 12.8. The smallest absolute Gasteiger partial charge is 0.338 e. The van der Waals surface area contributed by atoms with Gasteiger partial charge in [0.1, 0.15) is 12.2 Å². The zero-order valence-electron chi connectivity index (χ0n) is 23.3. The van der Waals surface area contributed by atoms with Gasteiger partial charge in [-0.3, -0.25) is 0 Å². The summed E-state index contributed by atoms with van der Waals surface area (Å²) in [7, 11) is -2.09. The molecule has 2 aromatic carbocycles. The zero-order valence-corrected chi connectivity index (χ0v) is 24.3. The van der Waals surface area contributed by atoms with E-state index in [2.05, 4.69) is 33.9 Å². The van der Waals surface area contributed by atoms with Crippen molar-refractivity contribution in [3.63, 3.8) is 0 Å². The molecule has 200 valence electrons. The predicted octanol–water partition coefficient (Wildman–Crippen LogP) is 7.76. The van der Waals surface area contributed by atoms with Crippen LogP contribution in [0.5, 0.6) is 0 Å². The minimum absolute atomic E-state index is 0.0227. The molecule has 0 fully saturated rings. The van der Waals surface area contributed by atoms with Crippen LogP contribution in [-0.2, 0) is 13.9 Å². The Labute approximate surface area is 223 Å². The first-order chi connectivity index (χ1) is 17.4. The van der Waals surface area contributed by atoms with Crippen LogP contribution in [0.3, 0.4) is 0 Å². The molecule has 0 aliphatic carbocycles. The Morgan fingerprint density at radius 2 is 1.32 bits per heavy atom. The van der Waals surface area contributed by atoms with Crippen LogP contribution in [0.25, 0.3) is 0 Å². The molecule has 37 heavy (non-hydrogen) atoms. The number of ether oxygens (including phenoxy) is 2. The zero-order chi connectivity index (χ0) is 27.5. The number of esters is 2. The number of hydrogen-bond donors (Lipinski definition) is 0. The SMILES string of the molecule is CCC[C@@H](/C=C\C=C/[C@@H](OC(=O)c1ccccc1)[C@H](C)O[Si](C)(C)C(C)(C)C)OC(=O)c1ccccc1. The van der Waals surface area contributed by atoms with Crippen LogP contribution >= 0.6 is 0 Å². The summed E-state index contributed by atoms with van der Waals surface area (Å²) < 4.78 is 18.1. The number of benzene rings is 2. The van der Waals surface area contributed by atoms with E-state index in [-0.39, 0.29) is 23.2 Å². The first kappa shape index (κ1) is 30.3. The van der Waals surface area contributed by atoms with Gasteiger partial charge in [-0.1, -0.05) is 82.7 Å². The summed E-state index contributed by atoms with van der Waals surface area (Å²) in [5, 5.41) is 0.0227. The lowest BCUT2D eigenvalue weighted by atomic mass is 10.1. The van der Waals surface area contributed by atoms with Crippen molar-refractivity contribution in [2.45, 2.75) is 83.9 Å². The van der Waals surface area contributed by atoms with Crippen LogP contribution in [-0.4, -0.2) is 38.6 Å². The van der Waals surface area contributed by atoms with Crippen molar-refractivity contribution in [3.05, 3.63) is 96.1 Å². The van der Waals surface area contributed by atoms with Crippen molar-refractivity contribution < 1.29 is 23.5 Å². The minimum Gasteiger partial charge on any atom is -0.455 e. The van der Waals surface area contributed by atoms with Gasteiger partial charge in [0.2, 0.25) is 0 Å². The van der Waals surface area contributed by atoms with Gasteiger partial charge in [0.15, 0.2) is 8.32 Å². The molecule has 0 unspecified atom stereocenters. The minimum atomic E-state index is -2.09. The lowest BCUT2D eigenvalue weighted by Gasteiger charge is -2.39. The van der Waals surface area contributed by atoms with E-state index in [4.69, 9.17) is 13.9 Å². The topological polar surface area (TPSA) is 61.8 Å². The van der Waals surface area contributed by atoms with Crippen molar-refractivity contribution in [2.24, 2.45) is 0 Å². The Hall–Kier alpha value is -2.96. The van der Waals surface area contributed by atoms with Gasteiger partial charge in [0.25, 0.3) is 0 Å². The van der Waals surface area contributed by atoms with E-state index in [1.165, 1.54) is 0 Å². The van der Waals surface area contributed by atoms with Crippen LogP contribution in [0, 0.1) is 0 Å². The Bertz CT molecular complexity index is 1040. The molecule has 0 bridgehead atoms. The highest BCUT2D eigenvalue weighted by Crippen LogP contribution is 2.37. The largest absolute Gasteiger partial charge is 0.455 e. The molecule has 0 aromatic heterocycles. The first-order valence-corrected chi connectivity index (χ1v) is 15.9. The summed E-state index contributed by atoms with van der Waals surface area (Å²) in [4.78, 5) is 25.3. The summed E-state index contributed by atoms with van der Waals surface area (Å²) >= 11 is 0. The van der Waals surface area contributed by atoms with Crippen LogP contribution < -0.4 is 0 Å². The maximum absolute atomic E-state index is 12.8. The van der Waals surface area contributed by atoms with Crippen LogP contribution in [0.15, 0.2) is 85.0 Å². The molecule has 0 aliphatic heterocycles. The fraction of sp³-hybridized carbons (Fsp3) is 0.419. The van der Waals surface area contributed by atoms with Gasteiger partial charge < -0.3 is 13.9 Å². The van der Waals surface area contributed by atoms with Crippen molar-refractivity contribution in [1.29, 1.82) is 0 Å². The Morgan fingerprint density at radius 3 is 1.81 bits per heavy atom. The van der Waals surface area contributed by atoms with Crippen LogP contribution in [0.1, 0.15) is 68.2 Å². The molecule has 6 heteroatoms. The molecule has 0 N–H and O–H groups in total. The molecule has 0 amide bonds. The highest BCUT2D eigenvalue weighted by atomic mass is 28.4. The van der Waals surface area contributed by atoms with E-state index in [0.29, 0.717) is 17.5 Å². The summed E-state index contributed by atoms with van der Waals surface area (Å²) in [6.07, 6.45) is 7.66. The summed E-state index contributed by atoms with van der Waals surface area (Å²) in [6, 6.07) is 17.9. The summed E-state index contributed by atoms with van der Waals surface area (Å²) in [6.45, 7) is 14.9. The highest BCUT2D eigenvalue weighted by molar-refractivity contribution is 6.74. The van der Waals surface area contributed by atoms with E-state index >= 15 is 0 Å². The molecule has 0 heterocycles. The Balaban J connectivity index is 2.17. The molecule has 3 atom stereocenters. The van der Waals surface area contributed by atoms with Gasteiger partial charge in [-0.05, 0) is 67.9 Å². The number of allylic oxidation sites excluding steroid dienone is 2. The lowest BCUT2D eigenvalue weighted by molar-refractivity contribution is 0.00902. The van der Waals surface area contributed by atoms with Gasteiger partial charge in [-0.25, -0.2) is 9.59 Å². The average molecular weight is 523 g/mol. The Morgan fingerprint density at radius 1 is 0.838 bits per heavy atom. The van der Waals surface area contributed by atoms with Gasteiger partial charge in [0, 0.05) is 0 Å². The van der Waals surface area contributed by atoms with E-state index < -0.39 is 20.4 Å². The highest BCUT2D eigenvalue weighted by Gasteiger charge is 2.40. The standard InChI is InChI=1S/C31H42O5Si/c1-8-17-27(34-29(32)25-18-11-9-12-19-25)22-15-16-23-28(24(2)36-37(6,7)31(3,4)5)35-30(33)26-20-13-10-14-21-26/h9-16,18-24,27-28H,8,17H2,1-7H3/b22-15-,23-16-/t24-,27-,28+/m0/s1. The van der Waals surface area contributed by atoms with Gasteiger partial charge >= 0.3 is 11.9 Å². The molecular formula is C31H42O5Si. The first-order valence-electron chi connectivity index (χ1n) is 13.0. The van der Waals surface area contributed by atoms with Crippen molar-refractivity contribution >= 4 is 20.3 Å². The second-order valence-electron chi connectivity index (χ2n) is 10.7. The molecule has 0 saturated heterocycles. The fourth-order valence-corrected chi connectivity index (χ4v) is 4.80. The average Bonchev–Trinajstić information content (AvgIpc) is 2.85. The quantitative estimate of drug-likeness (QED) is 0.162. The second kappa shape index (κ2) is 14.1. The number of hydrogen-bond acceptors (Lipinski definition) is 5. The van der Waals surface area contributed by atoms with Gasteiger partial charge in [-0.15, -0.1) is 0 Å². The van der Waals surface area contributed by atoms with E-state index in [1.54, 1.807) is 24.3 Å². The van der Waals surface area contributed by atoms with E-state index in [1.807, 2.05) is 74.5 Å². The van der Waals surface area contributed by atoms with Gasteiger partial charge in [0.05, 0.1) is 17.2 Å². The molecule has 0 aliphatic rings. The molecule has 0 radical (unpaired) electrons. The number of rotatable bonds is 12. The number of carbonyl (C=O) groups is 2. The van der Waals surface area contributed by atoms with E-state index in [0.717, 1.165) is 6.42 Å². The van der Waals surface area contributed by atoms with E-state index in [9.17, 15) is 9.59 Å². The monoisotopic (exact) mass is 522 g/mol. The molecule has 0 spiro atoms. The lowest BCUT2D eigenvalue weighted by Crippen LogP contribution is -2.46. The molecule has 2 rings (SSSR count). The summed E-state index contributed by atoms with van der Waals surface area (Å²) in [5.74, 6) is -0.746. The van der Waals surface area contributed by atoms with Crippen LogP contribution in [0.2, 0.25) is 18.1 Å². The fourth-order valence-electron chi connectivity index (χ4n) is 3.39. The van der Waals surface area contributed by atoms with Crippen molar-refractivity contribution in [3.8, 4) is 0 Å². The second-order valence-corrected chi connectivity index (χ2v) is 15.4. The molecule has 0 saturated carbocycles. The third kappa shape index (κ3) is 9.78. The third-order valence-electron chi connectivity index (χ3n) is 6.58. The molecular weight excluding hydrogens is 480 g/mol. The molecule has 2 aromatic rings. The molecule has 5 nitrogen and oxygen atoms in total. The Kier molecular flexibility index (Phi) is 11.5. The summed E-state index contributed by atoms with van der Waals surface area (Å²) in [5.41, 5.74) is 1.02. The van der Waals surface area contributed by atoms with Crippen molar-refractivity contribution in [2.75, 3.05) is 0 Å². The van der Waals surface area contributed by atoms with Gasteiger partial charge in [-0.2, -0.15) is 0 Å². The number of carbonyl (C=O) groups excluding carboxylic acids is 2.